The summed E-state index contributed by atoms with van der Waals surface area (Å²) in [5.74, 6) is 0.192. The van der Waals surface area contributed by atoms with E-state index in [4.69, 9.17) is 16.3 Å². The lowest BCUT2D eigenvalue weighted by atomic mass is 10.0. The second-order valence-electron chi connectivity index (χ2n) is 7.02. The summed E-state index contributed by atoms with van der Waals surface area (Å²) in [6.07, 6.45) is 1.75. The molecule has 0 atom stereocenters. The molecule has 0 aliphatic heterocycles. The minimum atomic E-state index is -0.309. The van der Waals surface area contributed by atoms with E-state index in [1.165, 1.54) is 0 Å². The molecule has 3 rings (SSSR count). The number of anilines is 1. The van der Waals surface area contributed by atoms with E-state index in [1.807, 2.05) is 56.3 Å². The zero-order valence-corrected chi connectivity index (χ0v) is 19.4. The van der Waals surface area contributed by atoms with E-state index >= 15 is 0 Å². The highest BCUT2D eigenvalue weighted by atomic mass is 79.9. The van der Waals surface area contributed by atoms with Crippen LogP contribution in [0.3, 0.4) is 0 Å². The number of ether oxygens (including phenoxy) is 1. The van der Waals surface area contributed by atoms with Crippen molar-refractivity contribution < 1.29 is 9.53 Å². The topological polar surface area (TPSA) is 62.1 Å². The van der Waals surface area contributed by atoms with Crippen LogP contribution in [0.25, 0.3) is 11.6 Å². The van der Waals surface area contributed by atoms with Crippen LogP contribution >= 0.6 is 27.5 Å². The fourth-order valence-electron chi connectivity index (χ4n) is 2.84. The third-order valence-electron chi connectivity index (χ3n) is 4.57. The summed E-state index contributed by atoms with van der Waals surface area (Å²) >= 11 is 9.56. The molecule has 0 aromatic heterocycles. The number of nitriles is 1. The summed E-state index contributed by atoms with van der Waals surface area (Å²) in [5.41, 5.74) is 4.66. The van der Waals surface area contributed by atoms with Crippen LogP contribution in [0.5, 0.6) is 5.75 Å². The van der Waals surface area contributed by atoms with Crippen molar-refractivity contribution in [3.63, 3.8) is 0 Å². The van der Waals surface area contributed by atoms with Crippen molar-refractivity contribution in [3.05, 3.63) is 92.4 Å². The summed E-state index contributed by atoms with van der Waals surface area (Å²) in [6.45, 7) is 3.71. The Kier molecular flexibility index (Phi) is 7.51. The highest BCUT2D eigenvalue weighted by Gasteiger charge is 2.10. The number of benzene rings is 3. The van der Waals surface area contributed by atoms with Gasteiger partial charge < -0.3 is 10.1 Å². The van der Waals surface area contributed by atoms with Crippen LogP contribution in [0.2, 0.25) is 5.02 Å². The Balaban J connectivity index is 1.78. The molecule has 0 radical (unpaired) electrons. The number of rotatable bonds is 6. The number of halogens is 2. The predicted molar refractivity (Wildman–Crippen MR) is 129 cm³/mol. The number of carbonyl (C=O) groups excluding carboxylic acids is 1. The standard InChI is InChI=1S/C25H20BrClN2O2/c1-16-3-6-18(7-4-16)20(14-28)11-19-12-21(26)8-10-24(19)31-15-25(30)29-22-9-5-17(2)23(27)13-22/h3-13H,15H2,1-2H3,(H,29,30)/b20-11+. The molecule has 3 aromatic carbocycles. The molecule has 4 nitrogen and oxygen atoms in total. The van der Waals surface area contributed by atoms with Gasteiger partial charge >= 0.3 is 0 Å². The highest BCUT2D eigenvalue weighted by molar-refractivity contribution is 9.10. The highest BCUT2D eigenvalue weighted by Crippen LogP contribution is 2.28. The number of amides is 1. The second kappa shape index (κ2) is 10.3. The number of aryl methyl sites for hydroxylation is 2. The molecular weight excluding hydrogens is 476 g/mol. The van der Waals surface area contributed by atoms with Gasteiger partial charge in [0, 0.05) is 20.7 Å². The molecular formula is C25H20BrClN2O2. The van der Waals surface area contributed by atoms with Crippen LogP contribution in [-0.2, 0) is 4.79 Å². The third kappa shape index (κ3) is 6.21. The molecule has 0 fully saturated rings. The maximum absolute atomic E-state index is 12.3. The second-order valence-corrected chi connectivity index (χ2v) is 8.34. The van der Waals surface area contributed by atoms with Crippen molar-refractivity contribution in [2.45, 2.75) is 13.8 Å². The van der Waals surface area contributed by atoms with Crippen LogP contribution in [0.1, 0.15) is 22.3 Å². The Morgan fingerprint density at radius 2 is 1.87 bits per heavy atom. The Labute approximate surface area is 195 Å². The molecule has 0 unspecified atom stereocenters. The van der Waals surface area contributed by atoms with Gasteiger partial charge in [-0.15, -0.1) is 0 Å². The Morgan fingerprint density at radius 3 is 2.55 bits per heavy atom. The van der Waals surface area contributed by atoms with Gasteiger partial charge in [0.25, 0.3) is 5.91 Å². The zero-order chi connectivity index (χ0) is 22.4. The molecule has 156 valence electrons. The van der Waals surface area contributed by atoms with E-state index in [-0.39, 0.29) is 12.5 Å². The van der Waals surface area contributed by atoms with E-state index in [0.717, 1.165) is 21.2 Å². The van der Waals surface area contributed by atoms with Crippen LogP contribution in [0.4, 0.5) is 5.69 Å². The third-order valence-corrected chi connectivity index (χ3v) is 5.47. The van der Waals surface area contributed by atoms with Crippen molar-refractivity contribution in [1.29, 1.82) is 5.26 Å². The molecule has 0 heterocycles. The predicted octanol–water partition coefficient (Wildman–Crippen LogP) is 6.80. The van der Waals surface area contributed by atoms with Crippen molar-refractivity contribution in [2.24, 2.45) is 0 Å². The molecule has 0 aliphatic rings. The maximum atomic E-state index is 12.3. The average Bonchev–Trinajstić information content (AvgIpc) is 2.74. The van der Waals surface area contributed by atoms with E-state index in [2.05, 4.69) is 27.3 Å². The van der Waals surface area contributed by atoms with Gasteiger partial charge in [-0.05, 0) is 61.4 Å². The summed E-state index contributed by atoms with van der Waals surface area (Å²) in [4.78, 5) is 12.3. The molecule has 1 N–H and O–H groups in total. The summed E-state index contributed by atoms with van der Waals surface area (Å²) in [6, 6.07) is 20.7. The SMILES string of the molecule is Cc1ccc(/C(C#N)=C/c2cc(Br)ccc2OCC(=O)Nc2ccc(C)c(Cl)c2)cc1. The largest absolute Gasteiger partial charge is 0.483 e. The van der Waals surface area contributed by atoms with Gasteiger partial charge in [0.1, 0.15) is 5.75 Å². The summed E-state index contributed by atoms with van der Waals surface area (Å²) < 4.78 is 6.60. The molecule has 1 amide bonds. The zero-order valence-electron chi connectivity index (χ0n) is 17.1. The Hall–Kier alpha value is -3.07. The van der Waals surface area contributed by atoms with E-state index in [0.29, 0.717) is 27.6 Å². The summed E-state index contributed by atoms with van der Waals surface area (Å²) in [7, 11) is 0. The fourth-order valence-corrected chi connectivity index (χ4v) is 3.40. The van der Waals surface area contributed by atoms with Gasteiger partial charge in [-0.1, -0.05) is 63.4 Å². The first-order valence-corrected chi connectivity index (χ1v) is 10.7. The number of nitrogens with zero attached hydrogens (tertiary/aromatic N) is 1. The first-order valence-electron chi connectivity index (χ1n) is 9.53. The molecule has 0 saturated heterocycles. The van der Waals surface area contributed by atoms with Gasteiger partial charge in [0.2, 0.25) is 0 Å². The van der Waals surface area contributed by atoms with Crippen molar-refractivity contribution in [3.8, 4) is 11.8 Å². The van der Waals surface area contributed by atoms with Crippen molar-refractivity contribution in [2.75, 3.05) is 11.9 Å². The van der Waals surface area contributed by atoms with Gasteiger partial charge in [0.15, 0.2) is 6.61 Å². The van der Waals surface area contributed by atoms with Crippen LogP contribution in [0, 0.1) is 25.2 Å². The minimum Gasteiger partial charge on any atom is -0.483 e. The first-order chi connectivity index (χ1) is 14.9. The lowest BCUT2D eigenvalue weighted by Crippen LogP contribution is -2.20. The fraction of sp³-hybridized carbons (Fsp3) is 0.120. The Bertz CT molecular complexity index is 1180. The lowest BCUT2D eigenvalue weighted by Gasteiger charge is -2.11. The van der Waals surface area contributed by atoms with Crippen LogP contribution < -0.4 is 10.1 Å². The van der Waals surface area contributed by atoms with E-state index < -0.39 is 0 Å². The number of hydrogen-bond donors (Lipinski definition) is 1. The molecule has 0 aliphatic carbocycles. The smallest absolute Gasteiger partial charge is 0.262 e. The lowest BCUT2D eigenvalue weighted by molar-refractivity contribution is -0.118. The van der Waals surface area contributed by atoms with E-state index in [9.17, 15) is 10.1 Å². The van der Waals surface area contributed by atoms with Crippen LogP contribution in [0.15, 0.2) is 65.1 Å². The van der Waals surface area contributed by atoms with Crippen LogP contribution in [-0.4, -0.2) is 12.5 Å². The van der Waals surface area contributed by atoms with Crippen molar-refractivity contribution >= 4 is 50.8 Å². The molecule has 3 aromatic rings. The molecule has 0 spiro atoms. The minimum absolute atomic E-state index is 0.180. The number of nitrogens with one attached hydrogen (secondary N) is 1. The first kappa shape index (κ1) is 22.6. The van der Waals surface area contributed by atoms with Gasteiger partial charge in [-0.3, -0.25) is 4.79 Å². The Morgan fingerprint density at radius 1 is 1.13 bits per heavy atom. The maximum Gasteiger partial charge on any atom is 0.262 e. The van der Waals surface area contributed by atoms with Gasteiger partial charge in [-0.2, -0.15) is 5.26 Å². The molecule has 6 heteroatoms. The van der Waals surface area contributed by atoms with Gasteiger partial charge in [0.05, 0.1) is 11.6 Å². The molecule has 0 saturated carbocycles. The van der Waals surface area contributed by atoms with E-state index in [1.54, 1.807) is 24.3 Å². The normalized spacial score (nSPS) is 11.0. The monoisotopic (exact) mass is 494 g/mol. The molecule has 31 heavy (non-hydrogen) atoms. The van der Waals surface area contributed by atoms with Gasteiger partial charge in [-0.25, -0.2) is 0 Å². The summed E-state index contributed by atoms with van der Waals surface area (Å²) in [5, 5.41) is 13.0. The number of carbonyl (C=O) groups is 1. The molecule has 0 bridgehead atoms. The number of allylic oxidation sites excluding steroid dienone is 1. The van der Waals surface area contributed by atoms with Crippen molar-refractivity contribution in [1.82, 2.24) is 0 Å². The quantitative estimate of drug-likeness (QED) is 0.302. The average molecular weight is 496 g/mol. The number of hydrogen-bond acceptors (Lipinski definition) is 3.